The summed E-state index contributed by atoms with van der Waals surface area (Å²) in [4.78, 5) is 12.4. The Morgan fingerprint density at radius 1 is 1.35 bits per heavy atom. The Morgan fingerprint density at radius 3 is 2.96 bits per heavy atom. The molecular weight excluding hydrogens is 358 g/mol. The molecule has 4 atom stereocenters. The average Bonchev–Trinajstić information content (AvgIpc) is 3.20. The van der Waals surface area contributed by atoms with Gasteiger partial charge in [-0.25, -0.2) is 17.8 Å². The van der Waals surface area contributed by atoms with Crippen molar-refractivity contribution >= 4 is 27.0 Å². The lowest BCUT2D eigenvalue weighted by Gasteiger charge is -2.47. The van der Waals surface area contributed by atoms with Gasteiger partial charge in [0, 0.05) is 18.9 Å². The summed E-state index contributed by atoms with van der Waals surface area (Å²) < 4.78 is 33.0. The van der Waals surface area contributed by atoms with Crippen LogP contribution >= 0.6 is 0 Å². The summed E-state index contributed by atoms with van der Waals surface area (Å²) in [6.45, 7) is 1.00. The van der Waals surface area contributed by atoms with Crippen LogP contribution in [0.1, 0.15) is 12.8 Å². The first-order valence-corrected chi connectivity index (χ1v) is 10.5. The number of amides is 1. The minimum atomic E-state index is -3.37. The number of aryl methyl sites for hydroxylation is 1. The Bertz CT molecular complexity index is 928. The Balaban J connectivity index is 1.38. The van der Waals surface area contributed by atoms with E-state index in [4.69, 9.17) is 4.74 Å². The summed E-state index contributed by atoms with van der Waals surface area (Å²) in [5.41, 5.74) is 1.67. The van der Waals surface area contributed by atoms with Crippen molar-refractivity contribution in [3.63, 3.8) is 0 Å². The predicted molar refractivity (Wildman–Crippen MR) is 93.7 cm³/mol. The molecule has 1 saturated carbocycles. The lowest BCUT2D eigenvalue weighted by molar-refractivity contribution is -0.125. The van der Waals surface area contributed by atoms with E-state index in [9.17, 15) is 13.2 Å². The van der Waals surface area contributed by atoms with Gasteiger partial charge in [-0.05, 0) is 18.6 Å². The molecular formula is C16H21N5O4S. The van der Waals surface area contributed by atoms with Gasteiger partial charge in [0.25, 0.3) is 0 Å². The van der Waals surface area contributed by atoms with Gasteiger partial charge in [0.1, 0.15) is 5.52 Å². The topological polar surface area (TPSA) is 115 Å². The zero-order valence-corrected chi connectivity index (χ0v) is 15.1. The monoisotopic (exact) mass is 379 g/mol. The molecule has 1 aromatic heterocycles. The number of hydrogen-bond acceptors (Lipinski definition) is 6. The van der Waals surface area contributed by atoms with Gasteiger partial charge in [-0.3, -0.25) is 4.79 Å². The highest BCUT2D eigenvalue weighted by Gasteiger charge is 2.55. The highest BCUT2D eigenvalue weighted by Crippen LogP contribution is 2.39. The molecule has 0 spiro atoms. The second-order valence-electron chi connectivity index (χ2n) is 6.85. The number of sulfonamides is 1. The Hall–Kier alpha value is -2.04. The first-order chi connectivity index (χ1) is 12.4. The highest BCUT2D eigenvalue weighted by molar-refractivity contribution is 7.88. The fourth-order valence-corrected chi connectivity index (χ4v) is 4.61. The molecule has 2 fully saturated rings. The Morgan fingerprint density at radius 2 is 2.15 bits per heavy atom. The number of benzene rings is 1. The fourth-order valence-electron chi connectivity index (χ4n) is 3.84. The maximum atomic E-state index is 12.4. The second-order valence-corrected chi connectivity index (χ2v) is 8.63. The van der Waals surface area contributed by atoms with E-state index in [1.807, 2.05) is 24.3 Å². The van der Waals surface area contributed by atoms with E-state index in [-0.39, 0.29) is 30.4 Å². The summed E-state index contributed by atoms with van der Waals surface area (Å²) in [6.07, 6.45) is 2.03. The van der Waals surface area contributed by atoms with Crippen molar-refractivity contribution in [2.24, 2.45) is 5.92 Å². The summed E-state index contributed by atoms with van der Waals surface area (Å²) >= 11 is 0. The molecule has 1 aromatic carbocycles. The minimum absolute atomic E-state index is 0.139. The van der Waals surface area contributed by atoms with Gasteiger partial charge in [0.05, 0.1) is 36.5 Å². The number of rotatable bonds is 6. The minimum Gasteiger partial charge on any atom is -0.376 e. The maximum Gasteiger partial charge on any atom is 0.222 e. The predicted octanol–water partition coefficient (Wildman–Crippen LogP) is -0.357. The van der Waals surface area contributed by atoms with Crippen molar-refractivity contribution in [3.8, 4) is 0 Å². The van der Waals surface area contributed by atoms with E-state index >= 15 is 0 Å². The largest absolute Gasteiger partial charge is 0.376 e. The van der Waals surface area contributed by atoms with E-state index < -0.39 is 16.1 Å². The molecule has 140 valence electrons. The highest BCUT2D eigenvalue weighted by atomic mass is 32.2. The number of hydrogen-bond donors (Lipinski definition) is 2. The average molecular weight is 379 g/mol. The van der Waals surface area contributed by atoms with Crippen LogP contribution in [-0.4, -0.2) is 60.4 Å². The second kappa shape index (κ2) is 6.60. The molecule has 4 rings (SSSR count). The molecule has 1 amide bonds. The van der Waals surface area contributed by atoms with Crippen molar-refractivity contribution in [1.29, 1.82) is 0 Å². The molecule has 2 aromatic rings. The summed E-state index contributed by atoms with van der Waals surface area (Å²) in [6, 6.07) is 6.92. The molecule has 2 heterocycles. The van der Waals surface area contributed by atoms with Crippen LogP contribution in [0, 0.1) is 5.92 Å². The van der Waals surface area contributed by atoms with E-state index in [1.165, 1.54) is 0 Å². The normalized spacial score (nSPS) is 27.9. The molecule has 1 aliphatic carbocycles. The van der Waals surface area contributed by atoms with Gasteiger partial charge in [-0.15, -0.1) is 5.10 Å². The third-order valence-corrected chi connectivity index (χ3v) is 5.73. The van der Waals surface area contributed by atoms with Crippen LogP contribution in [0.5, 0.6) is 0 Å². The summed E-state index contributed by atoms with van der Waals surface area (Å²) in [5.74, 6) is 0.0191. The number of fused-ring (bicyclic) bond motifs is 2. The summed E-state index contributed by atoms with van der Waals surface area (Å²) in [5, 5.41) is 11.1. The number of aromatic nitrogens is 3. The number of ether oxygens (including phenoxy) is 1. The van der Waals surface area contributed by atoms with Crippen LogP contribution in [0.25, 0.3) is 11.0 Å². The third kappa shape index (κ3) is 3.31. The quantitative estimate of drug-likeness (QED) is 0.708. The number of carbonyl (C=O) groups is 1. The zero-order valence-electron chi connectivity index (χ0n) is 14.3. The molecule has 26 heavy (non-hydrogen) atoms. The van der Waals surface area contributed by atoms with Crippen molar-refractivity contribution in [2.45, 2.75) is 37.6 Å². The number of carbonyl (C=O) groups excluding carboxylic acids is 1. The Kier molecular flexibility index (Phi) is 4.41. The van der Waals surface area contributed by atoms with Crippen molar-refractivity contribution < 1.29 is 17.9 Å². The number of para-hydroxylation sites is 1. The molecule has 0 bridgehead atoms. The van der Waals surface area contributed by atoms with Crippen molar-refractivity contribution in [1.82, 2.24) is 25.0 Å². The van der Waals surface area contributed by atoms with Gasteiger partial charge < -0.3 is 10.1 Å². The molecule has 10 heteroatoms. The number of nitrogens with zero attached hydrogens (tertiary/aromatic N) is 3. The van der Waals surface area contributed by atoms with E-state index in [2.05, 4.69) is 20.4 Å². The van der Waals surface area contributed by atoms with E-state index in [1.54, 1.807) is 4.68 Å². The Labute approximate surface area is 151 Å². The molecule has 2 aliphatic rings. The van der Waals surface area contributed by atoms with Crippen LogP contribution in [0.2, 0.25) is 0 Å². The number of nitrogens with one attached hydrogen (secondary N) is 2. The molecule has 2 N–H and O–H groups in total. The smallest absolute Gasteiger partial charge is 0.222 e. The SMILES string of the molecule is CS(=O)(=O)N[C@@H]1[C@@H](NC(=O)CCn2nnc3ccccc32)[C@H]2CCO[C@H]21. The standard InChI is InChI=1S/C16H21N5O4S/c1-26(23,24)19-15-14(10-7-9-25-16(10)15)17-13(22)6-8-21-12-5-3-2-4-11(12)18-20-21/h2-5,10,14-16,19H,6-9H2,1H3,(H,17,22)/t10-,14+,15-,16-/m1/s1. The van der Waals surface area contributed by atoms with Crippen LogP contribution in [0.4, 0.5) is 0 Å². The van der Waals surface area contributed by atoms with Gasteiger partial charge in [0.2, 0.25) is 15.9 Å². The van der Waals surface area contributed by atoms with Crippen LogP contribution in [0.3, 0.4) is 0 Å². The summed E-state index contributed by atoms with van der Waals surface area (Å²) in [7, 11) is -3.37. The zero-order chi connectivity index (χ0) is 18.3. The lowest BCUT2D eigenvalue weighted by atomic mass is 9.72. The van der Waals surface area contributed by atoms with Gasteiger partial charge in [-0.1, -0.05) is 17.3 Å². The van der Waals surface area contributed by atoms with Crippen molar-refractivity contribution in [3.05, 3.63) is 24.3 Å². The molecule has 0 radical (unpaired) electrons. The van der Waals surface area contributed by atoms with Gasteiger partial charge in [0.15, 0.2) is 0 Å². The van der Waals surface area contributed by atoms with Gasteiger partial charge in [-0.2, -0.15) is 0 Å². The lowest BCUT2D eigenvalue weighted by Crippen LogP contribution is -2.70. The fraction of sp³-hybridized carbons (Fsp3) is 0.562. The molecule has 1 aliphatic heterocycles. The van der Waals surface area contributed by atoms with Crippen LogP contribution < -0.4 is 10.0 Å². The molecule has 9 nitrogen and oxygen atoms in total. The molecule has 1 saturated heterocycles. The van der Waals surface area contributed by atoms with Crippen molar-refractivity contribution in [2.75, 3.05) is 12.9 Å². The van der Waals surface area contributed by atoms with E-state index in [0.29, 0.717) is 13.2 Å². The molecule has 0 unspecified atom stereocenters. The van der Waals surface area contributed by atoms with E-state index in [0.717, 1.165) is 23.7 Å². The van der Waals surface area contributed by atoms with Gasteiger partial charge >= 0.3 is 0 Å². The third-order valence-electron chi connectivity index (χ3n) is 5.03. The van der Waals surface area contributed by atoms with Crippen LogP contribution in [0.15, 0.2) is 24.3 Å². The van der Waals surface area contributed by atoms with Crippen LogP contribution in [-0.2, 0) is 26.1 Å². The first kappa shape index (κ1) is 17.4. The maximum absolute atomic E-state index is 12.4. The first-order valence-electron chi connectivity index (χ1n) is 8.59.